The van der Waals surface area contributed by atoms with Gasteiger partial charge in [-0.2, -0.15) is 0 Å². The molecule has 0 unspecified atom stereocenters. The van der Waals surface area contributed by atoms with Gasteiger partial charge in [0.25, 0.3) is 0 Å². The lowest BCUT2D eigenvalue weighted by Gasteiger charge is -2.37. The summed E-state index contributed by atoms with van der Waals surface area (Å²) < 4.78 is 66.5. The van der Waals surface area contributed by atoms with Gasteiger partial charge in [-0.05, 0) is 99.2 Å². The van der Waals surface area contributed by atoms with E-state index in [1.54, 1.807) is 0 Å². The molecule has 0 radical (unpaired) electrons. The third-order valence-electron chi connectivity index (χ3n) is 7.12. The summed E-state index contributed by atoms with van der Waals surface area (Å²) in [6.45, 7) is -0.276. The molecule has 174 valence electrons. The van der Waals surface area contributed by atoms with Crippen LogP contribution >= 0.6 is 0 Å². The third kappa shape index (κ3) is 7.80. The van der Waals surface area contributed by atoms with Crippen LogP contribution in [0.5, 0.6) is 5.75 Å². The van der Waals surface area contributed by atoms with Crippen LogP contribution in [0, 0.1) is 29.5 Å². The fraction of sp³-hybridized carbons (Fsp3) is 0.680. The predicted octanol–water partition coefficient (Wildman–Crippen LogP) is 8.19. The molecule has 1 nitrogen and oxygen atoms in total. The third-order valence-corrected chi connectivity index (χ3v) is 7.12. The number of benzene rings is 1. The molecule has 1 aromatic carbocycles. The second-order valence-corrected chi connectivity index (χ2v) is 9.21. The fourth-order valence-electron chi connectivity index (χ4n) is 5.39. The molecule has 31 heavy (non-hydrogen) atoms. The van der Waals surface area contributed by atoms with Gasteiger partial charge in [-0.1, -0.05) is 31.1 Å². The molecule has 0 saturated heterocycles. The van der Waals surface area contributed by atoms with Crippen molar-refractivity contribution in [3.8, 4) is 5.75 Å². The van der Waals surface area contributed by atoms with E-state index in [0.29, 0.717) is 30.2 Å². The van der Waals surface area contributed by atoms with E-state index in [2.05, 4.69) is 10.8 Å². The Balaban J connectivity index is 1.38. The molecule has 2 aliphatic carbocycles. The first kappa shape index (κ1) is 24.1. The molecular weight excluding hydrogens is 411 g/mol. The predicted molar refractivity (Wildman–Crippen MR) is 112 cm³/mol. The van der Waals surface area contributed by atoms with Crippen LogP contribution in [0.15, 0.2) is 30.4 Å². The van der Waals surface area contributed by atoms with Crippen LogP contribution in [0.25, 0.3) is 0 Å². The molecule has 0 N–H and O–H groups in total. The van der Waals surface area contributed by atoms with Gasteiger partial charge in [0.2, 0.25) is 0 Å². The van der Waals surface area contributed by atoms with E-state index < -0.39 is 17.9 Å². The summed E-state index contributed by atoms with van der Waals surface area (Å²) in [7, 11) is 0. The number of allylic oxidation sites excluding steroid dienone is 2. The highest BCUT2D eigenvalue weighted by atomic mass is 19.4. The average molecular weight is 445 g/mol. The molecule has 1 aromatic rings. The van der Waals surface area contributed by atoms with E-state index in [1.807, 2.05) is 6.08 Å². The first-order chi connectivity index (χ1) is 14.8. The molecule has 2 saturated carbocycles. The van der Waals surface area contributed by atoms with Gasteiger partial charge < -0.3 is 4.74 Å². The van der Waals surface area contributed by atoms with E-state index >= 15 is 0 Å². The van der Waals surface area contributed by atoms with Crippen LogP contribution in [0.2, 0.25) is 0 Å². The Morgan fingerprint density at radius 1 is 0.935 bits per heavy atom. The smallest absolute Gasteiger partial charge is 0.403 e. The van der Waals surface area contributed by atoms with Crippen LogP contribution < -0.4 is 4.74 Å². The summed E-state index contributed by atoms with van der Waals surface area (Å²) in [6, 6.07) is 3.75. The SMILES string of the molecule is FCCC=CC1CCC(C2CCC(CCc3ccc(OC(F)(F)F)c(F)c3)CC2)CC1. The monoisotopic (exact) mass is 444 g/mol. The maximum absolute atomic E-state index is 13.9. The van der Waals surface area contributed by atoms with Crippen molar-refractivity contribution < 1.29 is 26.7 Å². The second kappa shape index (κ2) is 11.3. The first-order valence-electron chi connectivity index (χ1n) is 11.6. The van der Waals surface area contributed by atoms with Gasteiger partial charge in [-0.15, -0.1) is 13.2 Å². The topological polar surface area (TPSA) is 9.23 Å². The minimum absolute atomic E-state index is 0.276. The zero-order valence-corrected chi connectivity index (χ0v) is 18.0. The van der Waals surface area contributed by atoms with Crippen LogP contribution in [0.4, 0.5) is 22.0 Å². The summed E-state index contributed by atoms with van der Waals surface area (Å²) in [5.74, 6) is 1.08. The van der Waals surface area contributed by atoms with E-state index in [0.717, 1.165) is 30.4 Å². The van der Waals surface area contributed by atoms with Crippen LogP contribution in [-0.2, 0) is 6.42 Å². The molecule has 0 heterocycles. The summed E-state index contributed by atoms with van der Waals surface area (Å²) in [4.78, 5) is 0. The molecule has 0 atom stereocenters. The minimum Gasteiger partial charge on any atom is -0.403 e. The summed E-state index contributed by atoms with van der Waals surface area (Å²) >= 11 is 0. The Morgan fingerprint density at radius 2 is 1.58 bits per heavy atom. The van der Waals surface area contributed by atoms with E-state index in [4.69, 9.17) is 0 Å². The highest BCUT2D eigenvalue weighted by Crippen LogP contribution is 2.42. The Bertz CT molecular complexity index is 698. The Kier molecular flexibility index (Phi) is 8.79. The Hall–Kier alpha value is -1.59. The molecule has 0 aliphatic heterocycles. The van der Waals surface area contributed by atoms with Crippen molar-refractivity contribution in [2.45, 2.75) is 77.0 Å². The van der Waals surface area contributed by atoms with E-state index in [1.165, 1.54) is 57.4 Å². The summed E-state index contributed by atoms with van der Waals surface area (Å²) in [5, 5.41) is 0. The standard InChI is InChI=1S/C25H33F5O/c26-16-2-1-3-18-6-11-21(12-7-18)22-13-8-19(9-14-22)4-5-20-10-15-24(23(27)17-20)31-25(28,29)30/h1,3,10,15,17-19,21-22H,2,4-9,11-14,16H2. The lowest BCUT2D eigenvalue weighted by molar-refractivity contribution is -0.275. The molecule has 2 fully saturated rings. The number of halogens is 5. The van der Waals surface area contributed by atoms with Crippen molar-refractivity contribution in [2.24, 2.45) is 23.7 Å². The first-order valence-corrected chi connectivity index (χ1v) is 11.6. The molecule has 0 aromatic heterocycles. The minimum atomic E-state index is -4.88. The summed E-state index contributed by atoms with van der Waals surface area (Å²) in [6.07, 6.45) is 11.3. The molecule has 0 amide bonds. The molecular formula is C25H33F5O. The van der Waals surface area contributed by atoms with Crippen LogP contribution in [0.3, 0.4) is 0 Å². The van der Waals surface area contributed by atoms with Crippen molar-refractivity contribution in [3.63, 3.8) is 0 Å². The molecule has 6 heteroatoms. The quantitative estimate of drug-likeness (QED) is 0.290. The zero-order valence-electron chi connectivity index (χ0n) is 18.0. The van der Waals surface area contributed by atoms with Gasteiger partial charge in [0, 0.05) is 0 Å². The number of ether oxygens (including phenoxy) is 1. The zero-order chi connectivity index (χ0) is 22.3. The van der Waals surface area contributed by atoms with Crippen molar-refractivity contribution in [1.82, 2.24) is 0 Å². The average Bonchev–Trinajstić information content (AvgIpc) is 2.74. The number of aryl methyl sites for hydroxylation is 1. The van der Waals surface area contributed by atoms with Crippen molar-refractivity contribution in [3.05, 3.63) is 41.7 Å². The van der Waals surface area contributed by atoms with Crippen molar-refractivity contribution in [1.29, 1.82) is 0 Å². The Morgan fingerprint density at radius 3 is 2.16 bits per heavy atom. The van der Waals surface area contributed by atoms with Gasteiger partial charge in [-0.3, -0.25) is 4.39 Å². The maximum Gasteiger partial charge on any atom is 0.573 e. The lowest BCUT2D eigenvalue weighted by Crippen LogP contribution is -2.25. The van der Waals surface area contributed by atoms with Crippen molar-refractivity contribution >= 4 is 0 Å². The van der Waals surface area contributed by atoms with E-state index in [-0.39, 0.29) is 6.67 Å². The van der Waals surface area contributed by atoms with Gasteiger partial charge in [0.15, 0.2) is 11.6 Å². The van der Waals surface area contributed by atoms with Gasteiger partial charge in [-0.25, -0.2) is 4.39 Å². The lowest BCUT2D eigenvalue weighted by atomic mass is 9.68. The second-order valence-electron chi connectivity index (χ2n) is 9.21. The van der Waals surface area contributed by atoms with E-state index in [9.17, 15) is 22.0 Å². The molecule has 0 spiro atoms. The largest absolute Gasteiger partial charge is 0.573 e. The summed E-state index contributed by atoms with van der Waals surface area (Å²) in [5.41, 5.74) is 0.716. The molecule has 3 rings (SSSR count). The van der Waals surface area contributed by atoms with Gasteiger partial charge >= 0.3 is 6.36 Å². The van der Waals surface area contributed by atoms with Crippen LogP contribution in [0.1, 0.15) is 69.8 Å². The van der Waals surface area contributed by atoms with Gasteiger partial charge in [0.05, 0.1) is 6.67 Å². The normalized spacial score (nSPS) is 27.5. The number of rotatable bonds is 8. The maximum atomic E-state index is 13.9. The Labute approximate surface area is 182 Å². The molecule has 0 bridgehead atoms. The van der Waals surface area contributed by atoms with Crippen molar-refractivity contribution in [2.75, 3.05) is 6.67 Å². The van der Waals surface area contributed by atoms with Crippen LogP contribution in [-0.4, -0.2) is 13.0 Å². The molecule has 2 aliphatic rings. The highest BCUT2D eigenvalue weighted by molar-refractivity contribution is 5.29. The number of hydrogen-bond acceptors (Lipinski definition) is 1. The fourth-order valence-corrected chi connectivity index (χ4v) is 5.39. The van der Waals surface area contributed by atoms with Gasteiger partial charge in [0.1, 0.15) is 0 Å². The number of alkyl halides is 4. The number of hydrogen-bond donors (Lipinski definition) is 0. The highest BCUT2D eigenvalue weighted by Gasteiger charge is 2.33.